The van der Waals surface area contributed by atoms with Crippen molar-refractivity contribution in [3.8, 4) is 5.69 Å². The van der Waals surface area contributed by atoms with Gasteiger partial charge < -0.3 is 10.3 Å². The summed E-state index contributed by atoms with van der Waals surface area (Å²) in [7, 11) is 0. The summed E-state index contributed by atoms with van der Waals surface area (Å²) in [6.45, 7) is 0.351. The van der Waals surface area contributed by atoms with Crippen molar-refractivity contribution in [1.29, 1.82) is 0 Å². The van der Waals surface area contributed by atoms with Crippen molar-refractivity contribution in [3.05, 3.63) is 82.6 Å². The van der Waals surface area contributed by atoms with Crippen molar-refractivity contribution in [3.63, 3.8) is 0 Å². The minimum Gasteiger partial charge on any atom is -0.348 e. The second-order valence-corrected chi connectivity index (χ2v) is 5.38. The summed E-state index contributed by atoms with van der Waals surface area (Å²) >= 11 is 5.16. The molecular weight excluding hydrogens is 313 g/mol. The number of imidazole rings is 1. The SMILES string of the molecule is O=C(NCc1ccc(F)cc1)c1ccc(-n2cc[nH]c2=S)cc1. The number of nitrogens with one attached hydrogen (secondary N) is 2. The Balaban J connectivity index is 1.67. The van der Waals surface area contributed by atoms with Crippen LogP contribution in [0.15, 0.2) is 60.9 Å². The number of benzene rings is 2. The Morgan fingerprint density at radius 3 is 2.43 bits per heavy atom. The molecule has 0 spiro atoms. The number of hydrogen-bond donors (Lipinski definition) is 2. The predicted molar refractivity (Wildman–Crippen MR) is 88.5 cm³/mol. The van der Waals surface area contributed by atoms with Gasteiger partial charge in [-0.05, 0) is 54.2 Å². The summed E-state index contributed by atoms with van der Waals surface area (Å²) in [5.74, 6) is -0.474. The Morgan fingerprint density at radius 1 is 1.13 bits per heavy atom. The minimum atomic E-state index is -0.293. The Hall–Kier alpha value is -2.73. The standard InChI is InChI=1S/C17H14FN3OS/c18-14-5-1-12(2-6-14)11-20-16(22)13-3-7-15(8-4-13)21-10-9-19-17(21)23/h1-10H,11H2,(H,19,23)(H,20,22). The van der Waals surface area contributed by atoms with Gasteiger partial charge in [-0.2, -0.15) is 0 Å². The molecule has 0 aliphatic heterocycles. The number of aromatic nitrogens is 2. The zero-order chi connectivity index (χ0) is 16.2. The van der Waals surface area contributed by atoms with E-state index in [1.54, 1.807) is 30.5 Å². The van der Waals surface area contributed by atoms with Crippen LogP contribution < -0.4 is 5.32 Å². The van der Waals surface area contributed by atoms with Gasteiger partial charge in [-0.1, -0.05) is 12.1 Å². The van der Waals surface area contributed by atoms with Crippen molar-refractivity contribution < 1.29 is 9.18 Å². The number of carbonyl (C=O) groups excluding carboxylic acids is 1. The normalized spacial score (nSPS) is 10.5. The van der Waals surface area contributed by atoms with E-state index in [1.807, 2.05) is 22.9 Å². The van der Waals surface area contributed by atoms with Crippen LogP contribution in [0, 0.1) is 10.6 Å². The second-order valence-electron chi connectivity index (χ2n) is 4.99. The van der Waals surface area contributed by atoms with Crippen LogP contribution in [0.5, 0.6) is 0 Å². The lowest BCUT2D eigenvalue weighted by Gasteiger charge is -2.07. The Kier molecular flexibility index (Phi) is 4.34. The molecule has 0 radical (unpaired) electrons. The molecule has 0 aliphatic rings. The number of halogens is 1. The molecule has 3 rings (SSSR count). The first-order valence-corrected chi connectivity index (χ1v) is 7.43. The van der Waals surface area contributed by atoms with E-state index in [9.17, 15) is 9.18 Å². The van der Waals surface area contributed by atoms with Gasteiger partial charge in [0, 0.05) is 30.2 Å². The van der Waals surface area contributed by atoms with Gasteiger partial charge in [-0.3, -0.25) is 9.36 Å². The quantitative estimate of drug-likeness (QED) is 0.719. The second kappa shape index (κ2) is 6.58. The first kappa shape index (κ1) is 15.2. The number of nitrogens with zero attached hydrogens (tertiary/aromatic N) is 1. The van der Waals surface area contributed by atoms with Gasteiger partial charge in [0.2, 0.25) is 0 Å². The van der Waals surface area contributed by atoms with Crippen LogP contribution in [-0.4, -0.2) is 15.5 Å². The van der Waals surface area contributed by atoms with Gasteiger partial charge in [0.25, 0.3) is 5.91 Å². The van der Waals surface area contributed by atoms with Gasteiger partial charge >= 0.3 is 0 Å². The van der Waals surface area contributed by atoms with Crippen LogP contribution in [0.3, 0.4) is 0 Å². The summed E-state index contributed by atoms with van der Waals surface area (Å²) in [5.41, 5.74) is 2.28. The molecule has 0 fully saturated rings. The van der Waals surface area contributed by atoms with Crippen LogP contribution in [0.25, 0.3) is 5.69 Å². The highest BCUT2D eigenvalue weighted by molar-refractivity contribution is 7.71. The maximum atomic E-state index is 12.8. The number of carbonyl (C=O) groups is 1. The van der Waals surface area contributed by atoms with Gasteiger partial charge in [0.1, 0.15) is 5.82 Å². The molecule has 0 aliphatic carbocycles. The van der Waals surface area contributed by atoms with Crippen LogP contribution in [0.4, 0.5) is 4.39 Å². The Labute approximate surface area is 137 Å². The monoisotopic (exact) mass is 327 g/mol. The molecular formula is C17H14FN3OS. The molecule has 1 amide bonds. The molecule has 0 saturated heterocycles. The molecule has 2 N–H and O–H groups in total. The van der Waals surface area contributed by atoms with Gasteiger partial charge in [0.15, 0.2) is 4.77 Å². The molecule has 0 saturated carbocycles. The first-order chi connectivity index (χ1) is 11.1. The molecule has 0 unspecified atom stereocenters. The Bertz CT molecular complexity index is 866. The maximum absolute atomic E-state index is 12.8. The molecule has 4 nitrogen and oxygen atoms in total. The van der Waals surface area contributed by atoms with Crippen LogP contribution in [-0.2, 0) is 6.54 Å². The fraction of sp³-hybridized carbons (Fsp3) is 0.0588. The predicted octanol–water partition coefficient (Wildman–Crippen LogP) is 3.60. The highest BCUT2D eigenvalue weighted by Crippen LogP contribution is 2.11. The highest BCUT2D eigenvalue weighted by Gasteiger charge is 2.06. The third-order valence-corrected chi connectivity index (χ3v) is 3.74. The molecule has 0 atom stereocenters. The minimum absolute atomic E-state index is 0.182. The van der Waals surface area contributed by atoms with E-state index in [2.05, 4.69) is 10.3 Å². The van der Waals surface area contributed by atoms with Crippen LogP contribution in [0.2, 0.25) is 0 Å². The summed E-state index contributed by atoms with van der Waals surface area (Å²) in [5, 5.41) is 2.81. The third kappa shape index (κ3) is 3.54. The fourth-order valence-corrected chi connectivity index (χ4v) is 2.42. The van der Waals surface area contributed by atoms with E-state index < -0.39 is 0 Å². The lowest BCUT2D eigenvalue weighted by atomic mass is 10.1. The van der Waals surface area contributed by atoms with E-state index in [1.165, 1.54) is 12.1 Å². The smallest absolute Gasteiger partial charge is 0.251 e. The number of amides is 1. The zero-order valence-corrected chi connectivity index (χ0v) is 12.9. The maximum Gasteiger partial charge on any atom is 0.251 e. The lowest BCUT2D eigenvalue weighted by molar-refractivity contribution is 0.0951. The lowest BCUT2D eigenvalue weighted by Crippen LogP contribution is -2.22. The van der Waals surface area contributed by atoms with E-state index in [-0.39, 0.29) is 11.7 Å². The largest absolute Gasteiger partial charge is 0.348 e. The summed E-state index contributed by atoms with van der Waals surface area (Å²) < 4.78 is 15.2. The number of H-pyrrole nitrogens is 1. The Morgan fingerprint density at radius 2 is 1.83 bits per heavy atom. The van der Waals surface area contributed by atoms with Crippen LogP contribution >= 0.6 is 12.2 Å². The molecule has 6 heteroatoms. The molecule has 0 bridgehead atoms. The topological polar surface area (TPSA) is 49.8 Å². The summed E-state index contributed by atoms with van der Waals surface area (Å²) in [6.07, 6.45) is 3.58. The van der Waals surface area contributed by atoms with Crippen molar-refractivity contribution in [2.45, 2.75) is 6.54 Å². The van der Waals surface area contributed by atoms with Crippen molar-refractivity contribution >= 4 is 18.1 Å². The molecule has 23 heavy (non-hydrogen) atoms. The van der Waals surface area contributed by atoms with Crippen molar-refractivity contribution in [2.24, 2.45) is 0 Å². The van der Waals surface area contributed by atoms with Gasteiger partial charge in [-0.25, -0.2) is 4.39 Å². The average molecular weight is 327 g/mol. The average Bonchev–Trinajstić information content (AvgIpc) is 3.00. The molecule has 116 valence electrons. The van der Waals surface area contributed by atoms with Crippen molar-refractivity contribution in [2.75, 3.05) is 0 Å². The first-order valence-electron chi connectivity index (χ1n) is 7.02. The molecule has 1 heterocycles. The highest BCUT2D eigenvalue weighted by atomic mass is 32.1. The summed E-state index contributed by atoms with van der Waals surface area (Å²) in [6, 6.07) is 13.2. The fourth-order valence-electron chi connectivity index (χ4n) is 2.18. The van der Waals surface area contributed by atoms with E-state index >= 15 is 0 Å². The molecule has 3 aromatic rings. The summed E-state index contributed by atoms with van der Waals surface area (Å²) in [4.78, 5) is 15.0. The molecule has 1 aromatic heterocycles. The number of hydrogen-bond acceptors (Lipinski definition) is 2. The van der Waals surface area contributed by atoms with Crippen molar-refractivity contribution in [1.82, 2.24) is 14.9 Å². The van der Waals surface area contributed by atoms with Gasteiger partial charge in [0.05, 0.1) is 0 Å². The van der Waals surface area contributed by atoms with E-state index in [4.69, 9.17) is 12.2 Å². The molecule has 2 aromatic carbocycles. The van der Waals surface area contributed by atoms with E-state index in [0.29, 0.717) is 16.9 Å². The number of aromatic amines is 1. The third-order valence-electron chi connectivity index (χ3n) is 3.42. The zero-order valence-electron chi connectivity index (χ0n) is 12.1. The van der Waals surface area contributed by atoms with Crippen LogP contribution in [0.1, 0.15) is 15.9 Å². The van der Waals surface area contributed by atoms with E-state index in [0.717, 1.165) is 11.3 Å². The number of rotatable bonds is 4. The van der Waals surface area contributed by atoms with Gasteiger partial charge in [-0.15, -0.1) is 0 Å².